The van der Waals surface area contributed by atoms with E-state index in [1.165, 1.54) is 23.1 Å². The summed E-state index contributed by atoms with van der Waals surface area (Å²) in [6.07, 6.45) is 0.403. The lowest BCUT2D eigenvalue weighted by atomic mass is 10.5. The Balaban J connectivity index is 2.24. The SMILES string of the molecule is Cc1nnc(SCCC(=O)NN)s1. The molecular weight excluding hydrogens is 208 g/mol. The number of hydrogen-bond acceptors (Lipinski definition) is 6. The molecule has 0 unspecified atom stereocenters. The minimum absolute atomic E-state index is 0.159. The molecule has 0 bridgehead atoms. The zero-order valence-electron chi connectivity index (χ0n) is 7.11. The molecule has 13 heavy (non-hydrogen) atoms. The summed E-state index contributed by atoms with van der Waals surface area (Å²) in [5, 5.41) is 8.70. The number of aryl methyl sites for hydroxylation is 1. The molecule has 7 heteroatoms. The molecule has 0 saturated heterocycles. The average Bonchev–Trinajstić information content (AvgIpc) is 2.51. The Kier molecular flexibility index (Phi) is 4.13. The summed E-state index contributed by atoms with van der Waals surface area (Å²) in [5.74, 6) is 5.44. The number of amides is 1. The zero-order valence-corrected chi connectivity index (χ0v) is 8.74. The van der Waals surface area contributed by atoms with E-state index in [0.29, 0.717) is 12.2 Å². The molecule has 1 amide bonds. The van der Waals surface area contributed by atoms with Gasteiger partial charge in [-0.25, -0.2) is 5.84 Å². The van der Waals surface area contributed by atoms with Crippen LogP contribution in [0.4, 0.5) is 0 Å². The van der Waals surface area contributed by atoms with Crippen molar-refractivity contribution in [2.45, 2.75) is 17.7 Å². The predicted molar refractivity (Wildman–Crippen MR) is 52.3 cm³/mol. The van der Waals surface area contributed by atoms with Crippen molar-refractivity contribution in [3.63, 3.8) is 0 Å². The first-order chi connectivity index (χ1) is 6.22. The molecule has 3 N–H and O–H groups in total. The first-order valence-electron chi connectivity index (χ1n) is 3.64. The van der Waals surface area contributed by atoms with E-state index in [-0.39, 0.29) is 5.91 Å². The van der Waals surface area contributed by atoms with E-state index in [1.54, 1.807) is 0 Å². The van der Waals surface area contributed by atoms with Crippen LogP contribution in [0.1, 0.15) is 11.4 Å². The molecule has 1 rings (SSSR count). The van der Waals surface area contributed by atoms with Gasteiger partial charge in [0.25, 0.3) is 0 Å². The summed E-state index contributed by atoms with van der Waals surface area (Å²) in [6.45, 7) is 1.90. The molecule has 0 spiro atoms. The average molecular weight is 218 g/mol. The molecular formula is C6H10N4OS2. The smallest absolute Gasteiger partial charge is 0.234 e. The van der Waals surface area contributed by atoms with Gasteiger partial charge in [-0.3, -0.25) is 10.2 Å². The molecule has 1 aromatic rings. The number of carbonyl (C=O) groups excluding carboxylic acids is 1. The highest BCUT2D eigenvalue weighted by atomic mass is 32.2. The number of thioether (sulfide) groups is 1. The molecule has 72 valence electrons. The quantitative estimate of drug-likeness (QED) is 0.329. The van der Waals surface area contributed by atoms with E-state index < -0.39 is 0 Å². The Hall–Kier alpha value is -0.660. The van der Waals surface area contributed by atoms with Gasteiger partial charge in [-0.2, -0.15) is 0 Å². The van der Waals surface area contributed by atoms with Crippen LogP contribution in [0, 0.1) is 6.92 Å². The largest absolute Gasteiger partial charge is 0.294 e. The van der Waals surface area contributed by atoms with Crippen molar-refractivity contribution in [2.24, 2.45) is 5.84 Å². The van der Waals surface area contributed by atoms with Crippen molar-refractivity contribution >= 4 is 29.0 Å². The van der Waals surface area contributed by atoms with Crippen molar-refractivity contribution in [1.29, 1.82) is 0 Å². The lowest BCUT2D eigenvalue weighted by molar-refractivity contribution is -0.120. The van der Waals surface area contributed by atoms with E-state index >= 15 is 0 Å². The fourth-order valence-corrected chi connectivity index (χ4v) is 2.46. The van der Waals surface area contributed by atoms with Crippen molar-refractivity contribution in [2.75, 3.05) is 5.75 Å². The first-order valence-corrected chi connectivity index (χ1v) is 5.45. The summed E-state index contributed by atoms with van der Waals surface area (Å²) in [7, 11) is 0. The monoisotopic (exact) mass is 218 g/mol. The normalized spacial score (nSPS) is 10.0. The van der Waals surface area contributed by atoms with Crippen LogP contribution in [0.25, 0.3) is 0 Å². The van der Waals surface area contributed by atoms with Crippen molar-refractivity contribution in [3.8, 4) is 0 Å². The van der Waals surface area contributed by atoms with E-state index in [2.05, 4.69) is 15.6 Å². The van der Waals surface area contributed by atoms with Gasteiger partial charge in [-0.15, -0.1) is 10.2 Å². The molecule has 0 atom stereocenters. The van der Waals surface area contributed by atoms with E-state index in [9.17, 15) is 4.79 Å². The molecule has 0 saturated carbocycles. The molecule has 0 aliphatic rings. The van der Waals surface area contributed by atoms with Gasteiger partial charge in [0.2, 0.25) is 5.91 Å². The molecule has 0 aromatic carbocycles. The van der Waals surface area contributed by atoms with E-state index in [1.807, 2.05) is 6.92 Å². The van der Waals surface area contributed by atoms with Gasteiger partial charge in [0.1, 0.15) is 5.01 Å². The van der Waals surface area contributed by atoms with Gasteiger partial charge < -0.3 is 0 Å². The summed E-state index contributed by atoms with van der Waals surface area (Å²) in [6, 6.07) is 0. The maximum atomic E-state index is 10.7. The van der Waals surface area contributed by atoms with E-state index in [4.69, 9.17) is 5.84 Å². The second-order valence-corrected chi connectivity index (χ2v) is 4.78. The summed E-state index contributed by atoms with van der Waals surface area (Å²) >= 11 is 3.04. The molecule has 5 nitrogen and oxygen atoms in total. The van der Waals surface area contributed by atoms with Crippen molar-refractivity contribution in [3.05, 3.63) is 5.01 Å². The van der Waals surface area contributed by atoms with Crippen molar-refractivity contribution < 1.29 is 4.79 Å². The Morgan fingerprint density at radius 1 is 1.69 bits per heavy atom. The number of nitrogens with one attached hydrogen (secondary N) is 1. The molecule has 0 radical (unpaired) electrons. The summed E-state index contributed by atoms with van der Waals surface area (Å²) in [5.41, 5.74) is 2.07. The summed E-state index contributed by atoms with van der Waals surface area (Å²) in [4.78, 5) is 10.7. The maximum Gasteiger partial charge on any atom is 0.234 e. The topological polar surface area (TPSA) is 80.9 Å². The fraction of sp³-hybridized carbons (Fsp3) is 0.500. The lowest BCUT2D eigenvalue weighted by Gasteiger charge is -1.96. The van der Waals surface area contributed by atoms with Gasteiger partial charge >= 0.3 is 0 Å². The van der Waals surface area contributed by atoms with Gasteiger partial charge in [-0.05, 0) is 6.92 Å². The standard InChI is InChI=1S/C6H10N4OS2/c1-4-9-10-6(13-4)12-3-2-5(11)8-7/h2-3,7H2,1H3,(H,8,11). The lowest BCUT2D eigenvalue weighted by Crippen LogP contribution is -2.30. The fourth-order valence-electron chi connectivity index (χ4n) is 0.640. The highest BCUT2D eigenvalue weighted by Gasteiger charge is 2.03. The molecule has 0 aliphatic carbocycles. The molecule has 1 aromatic heterocycles. The minimum atomic E-state index is -0.159. The van der Waals surface area contributed by atoms with Gasteiger partial charge in [-0.1, -0.05) is 23.1 Å². The van der Waals surface area contributed by atoms with Crippen LogP contribution < -0.4 is 11.3 Å². The number of rotatable bonds is 4. The van der Waals surface area contributed by atoms with Crippen LogP contribution in [0.5, 0.6) is 0 Å². The van der Waals surface area contributed by atoms with Gasteiger partial charge in [0.15, 0.2) is 4.34 Å². The first kappa shape index (κ1) is 10.4. The van der Waals surface area contributed by atoms with Crippen molar-refractivity contribution in [1.82, 2.24) is 15.6 Å². The number of hydrogen-bond donors (Lipinski definition) is 2. The predicted octanol–water partition coefficient (Wildman–Crippen LogP) is 0.319. The Morgan fingerprint density at radius 2 is 2.46 bits per heavy atom. The number of carbonyl (C=O) groups is 1. The molecule has 1 heterocycles. The number of hydrazine groups is 1. The Morgan fingerprint density at radius 3 is 3.00 bits per heavy atom. The number of nitrogens with zero attached hydrogens (tertiary/aromatic N) is 2. The van der Waals surface area contributed by atoms with Crippen LogP contribution in [0.2, 0.25) is 0 Å². The van der Waals surface area contributed by atoms with Crippen LogP contribution in [0.15, 0.2) is 4.34 Å². The van der Waals surface area contributed by atoms with Gasteiger partial charge in [0.05, 0.1) is 0 Å². The molecule has 0 fully saturated rings. The minimum Gasteiger partial charge on any atom is -0.294 e. The third kappa shape index (κ3) is 3.71. The van der Waals surface area contributed by atoms with Crippen LogP contribution >= 0.6 is 23.1 Å². The van der Waals surface area contributed by atoms with Crippen LogP contribution in [-0.2, 0) is 4.79 Å². The van der Waals surface area contributed by atoms with Crippen LogP contribution in [0.3, 0.4) is 0 Å². The zero-order chi connectivity index (χ0) is 9.68. The molecule has 0 aliphatic heterocycles. The highest BCUT2D eigenvalue weighted by Crippen LogP contribution is 2.21. The third-order valence-electron chi connectivity index (χ3n) is 1.22. The van der Waals surface area contributed by atoms with E-state index in [0.717, 1.165) is 9.35 Å². The maximum absolute atomic E-state index is 10.7. The summed E-state index contributed by atoms with van der Waals surface area (Å²) < 4.78 is 0.891. The Labute approximate surface area is 84.1 Å². The number of nitrogens with two attached hydrogens (primary N) is 1. The number of aromatic nitrogens is 2. The second-order valence-electron chi connectivity index (χ2n) is 2.25. The Bertz CT molecular complexity index is 288. The second kappa shape index (κ2) is 5.15. The van der Waals surface area contributed by atoms with Crippen LogP contribution in [-0.4, -0.2) is 21.9 Å². The third-order valence-corrected chi connectivity index (χ3v) is 3.20. The highest BCUT2D eigenvalue weighted by molar-refractivity contribution is 8.01. The van der Waals surface area contributed by atoms with Gasteiger partial charge in [0, 0.05) is 12.2 Å².